The zero-order valence-electron chi connectivity index (χ0n) is 11.0. The Kier molecular flexibility index (Phi) is 2.98. The van der Waals surface area contributed by atoms with E-state index in [9.17, 15) is 9.59 Å². The maximum Gasteiger partial charge on any atom is 0.332 e. The normalized spacial score (nSPS) is 11.1. The van der Waals surface area contributed by atoms with Crippen molar-refractivity contribution in [2.75, 3.05) is 12.4 Å². The fourth-order valence-electron chi connectivity index (χ4n) is 2.14. The predicted octanol–water partition coefficient (Wildman–Crippen LogP) is -0.0218. The van der Waals surface area contributed by atoms with Gasteiger partial charge in [0.15, 0.2) is 11.2 Å². The molecule has 1 N–H and O–H groups in total. The molecule has 2 rings (SSSR count). The molecule has 0 spiro atoms. The first-order valence-corrected chi connectivity index (χ1v) is 5.94. The molecule has 0 aromatic carbocycles. The topological polar surface area (TPSA) is 73.8 Å². The summed E-state index contributed by atoms with van der Waals surface area (Å²) in [4.78, 5) is 28.5. The van der Waals surface area contributed by atoms with Gasteiger partial charge in [0.05, 0.1) is 0 Å². The van der Waals surface area contributed by atoms with Crippen molar-refractivity contribution in [3.63, 3.8) is 0 Å². The van der Waals surface area contributed by atoms with E-state index in [0.29, 0.717) is 30.2 Å². The average Bonchev–Trinajstić information content (AvgIpc) is 2.75. The Bertz CT molecular complexity index is 707. The Labute approximate surface area is 104 Å². The molecule has 0 bridgehead atoms. The molecule has 98 valence electrons. The maximum absolute atomic E-state index is 12.2. The first-order valence-electron chi connectivity index (χ1n) is 5.94. The van der Waals surface area contributed by atoms with Crippen LogP contribution in [0.15, 0.2) is 9.59 Å². The van der Waals surface area contributed by atoms with Gasteiger partial charge in [-0.05, 0) is 13.8 Å². The van der Waals surface area contributed by atoms with Gasteiger partial charge in [0, 0.05) is 27.2 Å². The van der Waals surface area contributed by atoms with Gasteiger partial charge in [0.2, 0.25) is 5.95 Å². The quantitative estimate of drug-likeness (QED) is 0.832. The van der Waals surface area contributed by atoms with Gasteiger partial charge >= 0.3 is 5.69 Å². The highest BCUT2D eigenvalue weighted by Gasteiger charge is 2.18. The zero-order chi connectivity index (χ0) is 13.4. The van der Waals surface area contributed by atoms with E-state index in [0.717, 1.165) is 4.57 Å². The van der Waals surface area contributed by atoms with Crippen LogP contribution in [0.2, 0.25) is 0 Å². The van der Waals surface area contributed by atoms with Crippen LogP contribution >= 0.6 is 0 Å². The molecule has 0 saturated heterocycles. The van der Waals surface area contributed by atoms with Crippen LogP contribution < -0.4 is 16.6 Å². The molecule has 0 amide bonds. The molecular formula is C11H17N5O2. The largest absolute Gasteiger partial charge is 0.359 e. The number of aryl methyl sites for hydroxylation is 2. The third-order valence-electron chi connectivity index (χ3n) is 3.09. The number of aromatic nitrogens is 4. The van der Waals surface area contributed by atoms with Gasteiger partial charge < -0.3 is 9.88 Å². The molecule has 0 aliphatic rings. The van der Waals surface area contributed by atoms with Crippen molar-refractivity contribution < 1.29 is 0 Å². The number of fused-ring (bicyclic) bond motifs is 1. The minimum atomic E-state index is -0.335. The van der Waals surface area contributed by atoms with E-state index in [-0.39, 0.29) is 11.2 Å². The van der Waals surface area contributed by atoms with E-state index in [4.69, 9.17) is 0 Å². The monoisotopic (exact) mass is 251 g/mol. The first kappa shape index (κ1) is 12.4. The lowest BCUT2D eigenvalue weighted by Gasteiger charge is -2.07. The fraction of sp³-hybridized carbons (Fsp3) is 0.545. The second-order valence-electron chi connectivity index (χ2n) is 3.99. The highest BCUT2D eigenvalue weighted by Crippen LogP contribution is 2.14. The van der Waals surface area contributed by atoms with Gasteiger partial charge in [-0.15, -0.1) is 0 Å². The predicted molar refractivity (Wildman–Crippen MR) is 70.1 cm³/mol. The van der Waals surface area contributed by atoms with E-state index in [1.165, 1.54) is 11.6 Å². The van der Waals surface area contributed by atoms with E-state index in [2.05, 4.69) is 10.3 Å². The van der Waals surface area contributed by atoms with Crippen LogP contribution in [0, 0.1) is 0 Å². The Morgan fingerprint density at radius 2 is 1.78 bits per heavy atom. The SMILES string of the molecule is CCn1c(NC)nc2c1c(=O)n(C)c(=O)n2CC. The molecule has 7 nitrogen and oxygen atoms in total. The van der Waals surface area contributed by atoms with Crippen molar-refractivity contribution in [2.24, 2.45) is 7.05 Å². The summed E-state index contributed by atoms with van der Waals surface area (Å²) >= 11 is 0. The lowest BCUT2D eigenvalue weighted by atomic mass is 10.4. The van der Waals surface area contributed by atoms with Gasteiger partial charge in [-0.1, -0.05) is 0 Å². The van der Waals surface area contributed by atoms with Crippen molar-refractivity contribution in [3.8, 4) is 0 Å². The molecule has 2 aromatic heterocycles. The van der Waals surface area contributed by atoms with Crippen LogP contribution in [0.25, 0.3) is 11.2 Å². The summed E-state index contributed by atoms with van der Waals surface area (Å²) in [5.74, 6) is 0.595. The molecule has 7 heteroatoms. The molecule has 18 heavy (non-hydrogen) atoms. The Hall–Kier alpha value is -2.05. The van der Waals surface area contributed by atoms with E-state index in [1.54, 1.807) is 11.6 Å². The molecular weight excluding hydrogens is 234 g/mol. The van der Waals surface area contributed by atoms with Gasteiger partial charge in [0.25, 0.3) is 5.56 Å². The van der Waals surface area contributed by atoms with Gasteiger partial charge in [-0.2, -0.15) is 4.98 Å². The fourth-order valence-corrected chi connectivity index (χ4v) is 2.14. The van der Waals surface area contributed by atoms with Crippen LogP contribution in [0.5, 0.6) is 0 Å². The van der Waals surface area contributed by atoms with Crippen LogP contribution in [0.3, 0.4) is 0 Å². The highest BCUT2D eigenvalue weighted by atomic mass is 16.2. The minimum Gasteiger partial charge on any atom is -0.359 e. The van der Waals surface area contributed by atoms with Crippen molar-refractivity contribution in [2.45, 2.75) is 26.9 Å². The van der Waals surface area contributed by atoms with Crippen LogP contribution in [-0.2, 0) is 20.1 Å². The first-order chi connectivity index (χ1) is 8.56. The summed E-state index contributed by atoms with van der Waals surface area (Å²) in [6.45, 7) is 4.88. The summed E-state index contributed by atoms with van der Waals surface area (Å²) in [6, 6.07) is 0. The number of nitrogens with zero attached hydrogens (tertiary/aromatic N) is 4. The molecule has 0 atom stereocenters. The Balaban J connectivity index is 3.08. The number of imidazole rings is 1. The molecule has 0 unspecified atom stereocenters. The van der Waals surface area contributed by atoms with Crippen LogP contribution in [0.1, 0.15) is 13.8 Å². The Morgan fingerprint density at radius 3 is 2.28 bits per heavy atom. The summed E-state index contributed by atoms with van der Waals surface area (Å²) in [5, 5.41) is 2.94. The number of nitrogens with one attached hydrogen (secondary N) is 1. The molecule has 2 aromatic rings. The third-order valence-corrected chi connectivity index (χ3v) is 3.09. The third kappa shape index (κ3) is 1.47. The van der Waals surface area contributed by atoms with Gasteiger partial charge in [-0.25, -0.2) is 4.79 Å². The smallest absolute Gasteiger partial charge is 0.332 e. The van der Waals surface area contributed by atoms with E-state index < -0.39 is 0 Å². The highest BCUT2D eigenvalue weighted by molar-refractivity contribution is 5.74. The molecule has 0 saturated carbocycles. The average molecular weight is 251 g/mol. The van der Waals surface area contributed by atoms with Gasteiger partial charge in [0.1, 0.15) is 0 Å². The van der Waals surface area contributed by atoms with Crippen LogP contribution in [-0.4, -0.2) is 25.7 Å². The minimum absolute atomic E-state index is 0.310. The summed E-state index contributed by atoms with van der Waals surface area (Å²) in [7, 11) is 3.23. The Morgan fingerprint density at radius 1 is 1.17 bits per heavy atom. The summed E-state index contributed by atoms with van der Waals surface area (Å²) in [5.41, 5.74) is 0.261. The lowest BCUT2D eigenvalue weighted by molar-refractivity contribution is 0.649. The second-order valence-corrected chi connectivity index (χ2v) is 3.99. The number of hydrogen-bond donors (Lipinski definition) is 1. The zero-order valence-corrected chi connectivity index (χ0v) is 11.0. The second kappa shape index (κ2) is 4.32. The maximum atomic E-state index is 12.2. The number of hydrogen-bond acceptors (Lipinski definition) is 4. The molecule has 2 heterocycles. The van der Waals surface area contributed by atoms with Gasteiger partial charge in [-0.3, -0.25) is 13.9 Å². The standard InChI is InChI=1S/C11H17N5O2/c1-5-15-7-8(13-10(15)12-3)16(6-2)11(18)14(4)9(7)17/h5-6H2,1-4H3,(H,12,13). The molecule has 0 fully saturated rings. The summed E-state index contributed by atoms with van der Waals surface area (Å²) in [6.07, 6.45) is 0. The van der Waals surface area contributed by atoms with Crippen molar-refractivity contribution in [3.05, 3.63) is 20.8 Å². The number of anilines is 1. The van der Waals surface area contributed by atoms with Crippen molar-refractivity contribution >= 4 is 17.1 Å². The van der Waals surface area contributed by atoms with Crippen molar-refractivity contribution in [1.82, 2.24) is 18.7 Å². The molecule has 0 radical (unpaired) electrons. The van der Waals surface area contributed by atoms with E-state index >= 15 is 0 Å². The molecule has 0 aliphatic carbocycles. The summed E-state index contributed by atoms with van der Waals surface area (Å²) < 4.78 is 4.41. The lowest BCUT2D eigenvalue weighted by Crippen LogP contribution is -2.38. The van der Waals surface area contributed by atoms with Crippen molar-refractivity contribution in [1.29, 1.82) is 0 Å². The van der Waals surface area contributed by atoms with Crippen LogP contribution in [0.4, 0.5) is 5.95 Å². The number of rotatable bonds is 3. The molecule has 0 aliphatic heterocycles. The van der Waals surface area contributed by atoms with E-state index in [1.807, 2.05) is 13.8 Å².